The SMILES string of the molecule is CC(C)CC(CNC(=O)CNC(C)C)N(C)C. The number of hydrogen-bond acceptors (Lipinski definition) is 3. The van der Waals surface area contributed by atoms with Crippen LogP contribution in [0.2, 0.25) is 0 Å². The van der Waals surface area contributed by atoms with Crippen molar-refractivity contribution in [2.75, 3.05) is 27.2 Å². The third-order valence-corrected chi connectivity index (χ3v) is 2.68. The van der Waals surface area contributed by atoms with Gasteiger partial charge in [0, 0.05) is 18.6 Å². The van der Waals surface area contributed by atoms with E-state index in [2.05, 4.69) is 43.5 Å². The Labute approximate surface area is 106 Å². The Balaban J connectivity index is 3.91. The van der Waals surface area contributed by atoms with E-state index in [-0.39, 0.29) is 5.91 Å². The Morgan fingerprint density at radius 3 is 2.18 bits per heavy atom. The van der Waals surface area contributed by atoms with Crippen molar-refractivity contribution in [1.29, 1.82) is 0 Å². The van der Waals surface area contributed by atoms with Crippen molar-refractivity contribution in [2.45, 2.75) is 46.2 Å². The Kier molecular flexibility index (Phi) is 8.17. The van der Waals surface area contributed by atoms with Crippen LogP contribution in [0.3, 0.4) is 0 Å². The van der Waals surface area contributed by atoms with E-state index in [4.69, 9.17) is 0 Å². The number of nitrogens with one attached hydrogen (secondary N) is 2. The number of nitrogens with zero attached hydrogens (tertiary/aromatic N) is 1. The van der Waals surface area contributed by atoms with Crippen molar-refractivity contribution in [3.05, 3.63) is 0 Å². The van der Waals surface area contributed by atoms with Crippen LogP contribution in [-0.2, 0) is 4.79 Å². The zero-order valence-electron chi connectivity index (χ0n) is 12.2. The molecule has 0 saturated heterocycles. The monoisotopic (exact) mass is 243 g/mol. The van der Waals surface area contributed by atoms with E-state index in [0.29, 0.717) is 24.5 Å². The number of rotatable bonds is 8. The van der Waals surface area contributed by atoms with E-state index >= 15 is 0 Å². The van der Waals surface area contributed by atoms with E-state index in [1.807, 2.05) is 13.8 Å². The second kappa shape index (κ2) is 8.48. The van der Waals surface area contributed by atoms with Gasteiger partial charge in [0.2, 0.25) is 5.91 Å². The van der Waals surface area contributed by atoms with Gasteiger partial charge in [0.05, 0.1) is 6.54 Å². The van der Waals surface area contributed by atoms with Crippen LogP contribution in [0.25, 0.3) is 0 Å². The third kappa shape index (κ3) is 9.12. The average molecular weight is 243 g/mol. The highest BCUT2D eigenvalue weighted by Crippen LogP contribution is 2.07. The topological polar surface area (TPSA) is 44.4 Å². The molecule has 4 heteroatoms. The Morgan fingerprint density at radius 2 is 1.76 bits per heavy atom. The van der Waals surface area contributed by atoms with Crippen LogP contribution in [0.15, 0.2) is 0 Å². The maximum Gasteiger partial charge on any atom is 0.234 e. The van der Waals surface area contributed by atoms with Gasteiger partial charge in [0.25, 0.3) is 0 Å². The lowest BCUT2D eigenvalue weighted by molar-refractivity contribution is -0.120. The van der Waals surface area contributed by atoms with Gasteiger partial charge in [0.1, 0.15) is 0 Å². The van der Waals surface area contributed by atoms with Crippen molar-refractivity contribution in [3.8, 4) is 0 Å². The summed E-state index contributed by atoms with van der Waals surface area (Å²) in [6.07, 6.45) is 1.10. The first-order valence-corrected chi connectivity index (χ1v) is 6.49. The quantitative estimate of drug-likeness (QED) is 0.670. The summed E-state index contributed by atoms with van der Waals surface area (Å²) in [7, 11) is 4.12. The smallest absolute Gasteiger partial charge is 0.234 e. The molecular formula is C13H29N3O. The molecule has 4 nitrogen and oxygen atoms in total. The fourth-order valence-electron chi connectivity index (χ4n) is 1.61. The minimum Gasteiger partial charge on any atom is -0.353 e. The highest BCUT2D eigenvalue weighted by molar-refractivity contribution is 5.78. The summed E-state index contributed by atoms with van der Waals surface area (Å²) < 4.78 is 0. The predicted octanol–water partition coefficient (Wildman–Crippen LogP) is 1.08. The first-order chi connectivity index (χ1) is 7.82. The molecule has 0 aliphatic rings. The van der Waals surface area contributed by atoms with Gasteiger partial charge in [-0.25, -0.2) is 0 Å². The second-order valence-corrected chi connectivity index (χ2v) is 5.59. The fourth-order valence-corrected chi connectivity index (χ4v) is 1.61. The molecule has 0 aromatic heterocycles. The summed E-state index contributed by atoms with van der Waals surface area (Å²) in [5.41, 5.74) is 0. The minimum absolute atomic E-state index is 0.0781. The van der Waals surface area contributed by atoms with Crippen molar-refractivity contribution < 1.29 is 4.79 Å². The fraction of sp³-hybridized carbons (Fsp3) is 0.923. The zero-order chi connectivity index (χ0) is 13.4. The molecule has 0 heterocycles. The summed E-state index contributed by atoms with van der Waals surface area (Å²) >= 11 is 0. The molecule has 17 heavy (non-hydrogen) atoms. The number of carbonyl (C=O) groups excluding carboxylic acids is 1. The normalized spacial score (nSPS) is 13.5. The first kappa shape index (κ1) is 16.4. The van der Waals surface area contributed by atoms with E-state index in [0.717, 1.165) is 13.0 Å². The zero-order valence-corrected chi connectivity index (χ0v) is 12.2. The molecule has 1 amide bonds. The van der Waals surface area contributed by atoms with Crippen LogP contribution >= 0.6 is 0 Å². The van der Waals surface area contributed by atoms with Crippen molar-refractivity contribution in [3.63, 3.8) is 0 Å². The second-order valence-electron chi connectivity index (χ2n) is 5.59. The molecule has 0 aromatic carbocycles. The molecule has 0 radical (unpaired) electrons. The van der Waals surface area contributed by atoms with Gasteiger partial charge in [0.15, 0.2) is 0 Å². The lowest BCUT2D eigenvalue weighted by Gasteiger charge is -2.26. The van der Waals surface area contributed by atoms with Crippen molar-refractivity contribution in [2.24, 2.45) is 5.92 Å². The third-order valence-electron chi connectivity index (χ3n) is 2.68. The summed E-state index contributed by atoms with van der Waals surface area (Å²) in [4.78, 5) is 13.7. The summed E-state index contributed by atoms with van der Waals surface area (Å²) in [5, 5.41) is 6.10. The van der Waals surface area contributed by atoms with Gasteiger partial charge in [-0.2, -0.15) is 0 Å². The van der Waals surface area contributed by atoms with Gasteiger partial charge >= 0.3 is 0 Å². The summed E-state index contributed by atoms with van der Waals surface area (Å²) in [6.45, 7) is 9.61. The van der Waals surface area contributed by atoms with Gasteiger partial charge in [-0.3, -0.25) is 4.79 Å². The van der Waals surface area contributed by atoms with Gasteiger partial charge in [-0.1, -0.05) is 27.7 Å². The molecule has 0 aliphatic heterocycles. The lowest BCUT2D eigenvalue weighted by atomic mass is 10.0. The van der Waals surface area contributed by atoms with Gasteiger partial charge in [-0.05, 0) is 26.4 Å². The Morgan fingerprint density at radius 1 is 1.18 bits per heavy atom. The molecule has 0 bridgehead atoms. The maximum absolute atomic E-state index is 11.6. The highest BCUT2D eigenvalue weighted by Gasteiger charge is 2.14. The molecule has 1 atom stereocenters. The molecule has 0 saturated carbocycles. The molecule has 2 N–H and O–H groups in total. The van der Waals surface area contributed by atoms with Gasteiger partial charge < -0.3 is 15.5 Å². The van der Waals surface area contributed by atoms with Crippen LogP contribution in [0.4, 0.5) is 0 Å². The van der Waals surface area contributed by atoms with Crippen LogP contribution in [-0.4, -0.2) is 50.1 Å². The van der Waals surface area contributed by atoms with E-state index < -0.39 is 0 Å². The summed E-state index contributed by atoms with van der Waals surface area (Å²) in [6, 6.07) is 0.763. The lowest BCUT2D eigenvalue weighted by Crippen LogP contribution is -2.44. The van der Waals surface area contributed by atoms with Crippen LogP contribution in [0, 0.1) is 5.92 Å². The number of carbonyl (C=O) groups is 1. The largest absolute Gasteiger partial charge is 0.353 e. The van der Waals surface area contributed by atoms with Crippen molar-refractivity contribution >= 4 is 5.91 Å². The number of amides is 1. The molecule has 0 aromatic rings. The average Bonchev–Trinajstić information content (AvgIpc) is 2.20. The molecule has 102 valence electrons. The molecular weight excluding hydrogens is 214 g/mol. The first-order valence-electron chi connectivity index (χ1n) is 6.49. The molecule has 0 fully saturated rings. The van der Waals surface area contributed by atoms with E-state index in [1.54, 1.807) is 0 Å². The standard InChI is InChI=1S/C13H29N3O/c1-10(2)7-12(16(5)6)8-15-13(17)9-14-11(3)4/h10-12,14H,7-9H2,1-6H3,(H,15,17). The molecule has 0 aliphatic carbocycles. The molecule has 1 unspecified atom stereocenters. The van der Waals surface area contributed by atoms with E-state index in [1.165, 1.54) is 0 Å². The Bertz CT molecular complexity index is 215. The van der Waals surface area contributed by atoms with Crippen LogP contribution < -0.4 is 10.6 Å². The maximum atomic E-state index is 11.6. The Hall–Kier alpha value is -0.610. The summed E-state index contributed by atoms with van der Waals surface area (Å²) in [5.74, 6) is 0.724. The van der Waals surface area contributed by atoms with E-state index in [9.17, 15) is 4.79 Å². The number of hydrogen-bond donors (Lipinski definition) is 2. The van der Waals surface area contributed by atoms with Crippen LogP contribution in [0.5, 0.6) is 0 Å². The van der Waals surface area contributed by atoms with Crippen LogP contribution in [0.1, 0.15) is 34.1 Å². The minimum atomic E-state index is 0.0781. The molecule has 0 spiro atoms. The predicted molar refractivity (Wildman–Crippen MR) is 73.1 cm³/mol. The number of likely N-dealkylation sites (N-methyl/N-ethyl adjacent to an activating group) is 1. The van der Waals surface area contributed by atoms with Gasteiger partial charge in [-0.15, -0.1) is 0 Å². The molecule has 0 rings (SSSR count). The highest BCUT2D eigenvalue weighted by atomic mass is 16.1. The van der Waals surface area contributed by atoms with Crippen molar-refractivity contribution in [1.82, 2.24) is 15.5 Å².